The third kappa shape index (κ3) is 4.63. The maximum atomic E-state index is 12.1. The molecule has 0 aliphatic carbocycles. The van der Waals surface area contributed by atoms with Crippen LogP contribution < -0.4 is 4.74 Å². The number of esters is 2. The minimum atomic E-state index is -0.729. The van der Waals surface area contributed by atoms with Gasteiger partial charge in [-0.2, -0.15) is 4.98 Å². The highest BCUT2D eigenvalue weighted by Crippen LogP contribution is 2.26. The predicted molar refractivity (Wildman–Crippen MR) is 108 cm³/mol. The molecule has 0 N–H and O–H groups in total. The highest BCUT2D eigenvalue weighted by Gasteiger charge is 2.21. The van der Waals surface area contributed by atoms with Gasteiger partial charge in [-0.05, 0) is 49.8 Å². The lowest BCUT2D eigenvalue weighted by molar-refractivity contribution is -0.146. The van der Waals surface area contributed by atoms with Gasteiger partial charge in [0.15, 0.2) is 0 Å². The molecule has 0 bridgehead atoms. The number of ether oxygens (including phenoxy) is 3. The van der Waals surface area contributed by atoms with Gasteiger partial charge in [0, 0.05) is 7.05 Å². The molecule has 1 aromatic heterocycles. The Morgan fingerprint density at radius 1 is 1.00 bits per heavy atom. The molecule has 0 saturated heterocycles. The Morgan fingerprint density at radius 3 is 2.34 bits per heavy atom. The zero-order valence-corrected chi connectivity index (χ0v) is 16.5. The third-order valence-corrected chi connectivity index (χ3v) is 4.12. The fraction of sp³-hybridized carbons (Fsp3) is 0.227. The lowest BCUT2D eigenvalue weighted by Crippen LogP contribution is -2.18. The second-order valence-corrected chi connectivity index (χ2v) is 6.12. The molecule has 29 heavy (non-hydrogen) atoms. The molecular formula is C22H22N2O5. The first kappa shape index (κ1) is 20.1. The number of carbonyl (C=O) groups excluding carboxylic acids is 2. The predicted octanol–water partition coefficient (Wildman–Crippen LogP) is 3.88. The largest absolute Gasteiger partial charge is 0.462 e. The topological polar surface area (TPSA) is 79.7 Å². The summed E-state index contributed by atoms with van der Waals surface area (Å²) in [4.78, 5) is 28.8. The van der Waals surface area contributed by atoms with Crippen molar-refractivity contribution in [2.75, 3.05) is 13.2 Å². The minimum absolute atomic E-state index is 0.158. The zero-order chi connectivity index (χ0) is 20.8. The first-order valence-corrected chi connectivity index (χ1v) is 9.28. The summed E-state index contributed by atoms with van der Waals surface area (Å²) >= 11 is 0. The Labute approximate surface area is 168 Å². The van der Waals surface area contributed by atoms with Gasteiger partial charge in [0.05, 0.1) is 24.2 Å². The molecule has 0 fully saturated rings. The summed E-state index contributed by atoms with van der Waals surface area (Å²) in [5, 5.41) is 0. The Hall–Kier alpha value is -3.61. The highest BCUT2D eigenvalue weighted by atomic mass is 16.6. The molecule has 7 nitrogen and oxygen atoms in total. The molecule has 0 aliphatic heterocycles. The molecule has 0 aliphatic rings. The summed E-state index contributed by atoms with van der Waals surface area (Å²) in [6, 6.07) is 15.1. The second kappa shape index (κ2) is 9.05. The van der Waals surface area contributed by atoms with Crippen molar-refractivity contribution in [3.8, 4) is 11.8 Å². The summed E-state index contributed by atoms with van der Waals surface area (Å²) in [5.41, 5.74) is 2.20. The second-order valence-electron chi connectivity index (χ2n) is 6.12. The molecule has 150 valence electrons. The Kier molecular flexibility index (Phi) is 6.29. The fourth-order valence-corrected chi connectivity index (χ4v) is 2.77. The average molecular weight is 394 g/mol. The van der Waals surface area contributed by atoms with Gasteiger partial charge in [-0.1, -0.05) is 24.3 Å². The number of fused-ring (bicyclic) bond motifs is 1. The molecule has 1 heterocycles. The van der Waals surface area contributed by atoms with Gasteiger partial charge < -0.3 is 14.2 Å². The van der Waals surface area contributed by atoms with Crippen molar-refractivity contribution < 1.29 is 23.8 Å². The first-order valence-electron chi connectivity index (χ1n) is 9.28. The summed E-state index contributed by atoms with van der Waals surface area (Å²) in [6.07, 6.45) is 1.43. The monoisotopic (exact) mass is 394 g/mol. The van der Waals surface area contributed by atoms with Gasteiger partial charge in [-0.3, -0.25) is 4.57 Å². The molecule has 3 aromatic rings. The van der Waals surface area contributed by atoms with Gasteiger partial charge in [-0.15, -0.1) is 0 Å². The molecular weight excluding hydrogens is 372 g/mol. The van der Waals surface area contributed by atoms with Crippen LogP contribution in [0.3, 0.4) is 0 Å². The van der Waals surface area contributed by atoms with E-state index >= 15 is 0 Å². The minimum Gasteiger partial charge on any atom is -0.462 e. The maximum absolute atomic E-state index is 12.1. The Balaban J connectivity index is 1.90. The lowest BCUT2D eigenvalue weighted by Gasteiger charge is -2.08. The number of hydrogen-bond donors (Lipinski definition) is 0. The molecule has 0 amide bonds. The van der Waals surface area contributed by atoms with Crippen LogP contribution in [0, 0.1) is 0 Å². The maximum Gasteiger partial charge on any atom is 0.345 e. The number of aromatic nitrogens is 2. The molecule has 7 heteroatoms. The number of hydrogen-bond acceptors (Lipinski definition) is 6. The van der Waals surface area contributed by atoms with Crippen LogP contribution in [-0.2, 0) is 26.1 Å². The fourth-order valence-electron chi connectivity index (χ4n) is 2.77. The standard InChI is InChI=1S/C22H22N2O5/c1-4-27-20(25)17(21(26)28-5-2)14-15-9-8-10-16(13-15)29-22-23-18-11-6-7-12-19(18)24(22)3/h6-14H,4-5H2,1-3H3. The summed E-state index contributed by atoms with van der Waals surface area (Å²) < 4.78 is 17.7. The zero-order valence-electron chi connectivity index (χ0n) is 16.5. The molecule has 0 spiro atoms. The van der Waals surface area contributed by atoms with Crippen LogP contribution in [0.2, 0.25) is 0 Å². The lowest BCUT2D eigenvalue weighted by atomic mass is 10.1. The van der Waals surface area contributed by atoms with E-state index in [4.69, 9.17) is 14.2 Å². The van der Waals surface area contributed by atoms with Crippen molar-refractivity contribution in [3.63, 3.8) is 0 Å². The molecule has 0 saturated carbocycles. The Morgan fingerprint density at radius 2 is 1.69 bits per heavy atom. The van der Waals surface area contributed by atoms with E-state index in [2.05, 4.69) is 4.98 Å². The van der Waals surface area contributed by atoms with E-state index in [9.17, 15) is 9.59 Å². The van der Waals surface area contributed by atoms with Crippen LogP contribution in [0.25, 0.3) is 17.1 Å². The number of carbonyl (C=O) groups is 2. The average Bonchev–Trinajstić information content (AvgIpc) is 3.02. The van der Waals surface area contributed by atoms with Crippen molar-refractivity contribution in [1.29, 1.82) is 0 Å². The van der Waals surface area contributed by atoms with Crippen LogP contribution in [0.1, 0.15) is 19.4 Å². The third-order valence-electron chi connectivity index (χ3n) is 4.12. The van der Waals surface area contributed by atoms with Crippen LogP contribution >= 0.6 is 0 Å². The van der Waals surface area contributed by atoms with Crippen molar-refractivity contribution in [3.05, 3.63) is 59.7 Å². The molecule has 0 unspecified atom stereocenters. The van der Waals surface area contributed by atoms with E-state index in [1.165, 1.54) is 6.08 Å². The van der Waals surface area contributed by atoms with Crippen LogP contribution in [0.5, 0.6) is 11.8 Å². The van der Waals surface area contributed by atoms with Gasteiger partial charge in [0.2, 0.25) is 0 Å². The van der Waals surface area contributed by atoms with Crippen LogP contribution in [0.4, 0.5) is 0 Å². The van der Waals surface area contributed by atoms with E-state index in [1.807, 2.05) is 35.9 Å². The molecule has 0 atom stereocenters. The van der Waals surface area contributed by atoms with E-state index < -0.39 is 11.9 Å². The molecule has 2 aromatic carbocycles. The quantitative estimate of drug-likeness (QED) is 0.262. The highest BCUT2D eigenvalue weighted by molar-refractivity contribution is 6.17. The number of benzene rings is 2. The molecule has 0 radical (unpaired) electrons. The number of rotatable bonds is 7. The SMILES string of the molecule is CCOC(=O)C(=Cc1cccc(Oc2nc3ccccc3n2C)c1)C(=O)OCC. The number of para-hydroxylation sites is 2. The first-order chi connectivity index (χ1) is 14.0. The van der Waals surface area contributed by atoms with E-state index in [-0.39, 0.29) is 18.8 Å². The normalized spacial score (nSPS) is 10.4. The van der Waals surface area contributed by atoms with Gasteiger partial charge in [0.1, 0.15) is 11.3 Å². The smallest absolute Gasteiger partial charge is 0.345 e. The van der Waals surface area contributed by atoms with E-state index in [1.54, 1.807) is 38.1 Å². The number of imidazole rings is 1. The van der Waals surface area contributed by atoms with Gasteiger partial charge >= 0.3 is 17.9 Å². The van der Waals surface area contributed by atoms with Crippen molar-refractivity contribution >= 4 is 29.0 Å². The van der Waals surface area contributed by atoms with Crippen molar-refractivity contribution in [2.24, 2.45) is 7.05 Å². The molecule has 3 rings (SSSR count). The Bertz CT molecular complexity index is 1050. The van der Waals surface area contributed by atoms with Gasteiger partial charge in [0.25, 0.3) is 0 Å². The van der Waals surface area contributed by atoms with Gasteiger partial charge in [-0.25, -0.2) is 9.59 Å². The van der Waals surface area contributed by atoms with E-state index in [0.717, 1.165) is 11.0 Å². The van der Waals surface area contributed by atoms with Crippen molar-refractivity contribution in [1.82, 2.24) is 9.55 Å². The van der Waals surface area contributed by atoms with Crippen molar-refractivity contribution in [2.45, 2.75) is 13.8 Å². The number of aryl methyl sites for hydroxylation is 1. The van der Waals surface area contributed by atoms with Crippen LogP contribution in [0.15, 0.2) is 54.1 Å². The summed E-state index contributed by atoms with van der Waals surface area (Å²) in [6.45, 7) is 3.66. The van der Waals surface area contributed by atoms with E-state index in [0.29, 0.717) is 17.3 Å². The summed E-state index contributed by atoms with van der Waals surface area (Å²) in [5.74, 6) is -0.940. The summed E-state index contributed by atoms with van der Waals surface area (Å²) in [7, 11) is 1.87. The number of nitrogens with zero attached hydrogens (tertiary/aromatic N) is 2. The van der Waals surface area contributed by atoms with Crippen LogP contribution in [-0.4, -0.2) is 34.7 Å².